The summed E-state index contributed by atoms with van der Waals surface area (Å²) in [7, 11) is 0. The second kappa shape index (κ2) is 8.07. The molecule has 1 saturated heterocycles. The van der Waals surface area contributed by atoms with E-state index in [0.29, 0.717) is 11.2 Å². The Hall–Kier alpha value is -2.09. The zero-order valence-corrected chi connectivity index (χ0v) is 16.0. The van der Waals surface area contributed by atoms with Gasteiger partial charge in [0.05, 0.1) is 12.3 Å². The van der Waals surface area contributed by atoms with Crippen LogP contribution in [0.1, 0.15) is 65.5 Å². The van der Waals surface area contributed by atoms with Crippen LogP contribution in [-0.2, 0) is 0 Å². The van der Waals surface area contributed by atoms with Gasteiger partial charge in [-0.05, 0) is 32.6 Å². The van der Waals surface area contributed by atoms with E-state index in [2.05, 4.69) is 33.7 Å². The molecule has 144 valence electrons. The number of H-pyrrole nitrogens is 1. The molecule has 0 bridgehead atoms. The van der Waals surface area contributed by atoms with Crippen LogP contribution in [0.2, 0.25) is 0 Å². The van der Waals surface area contributed by atoms with Gasteiger partial charge in [-0.25, -0.2) is 4.79 Å². The molecule has 2 atom stereocenters. The predicted molar refractivity (Wildman–Crippen MR) is 102 cm³/mol. The molecule has 8 nitrogen and oxygen atoms in total. The number of hydrogen-bond acceptors (Lipinski definition) is 6. The number of likely N-dealkylation sites (tertiary alicyclic amines) is 1. The van der Waals surface area contributed by atoms with Crippen molar-refractivity contribution in [3.05, 3.63) is 10.5 Å². The number of anilines is 1. The molecule has 3 heterocycles. The number of rotatable bonds is 7. The van der Waals surface area contributed by atoms with E-state index in [-0.39, 0.29) is 29.8 Å². The molecule has 1 fully saturated rings. The fourth-order valence-corrected chi connectivity index (χ4v) is 3.80. The van der Waals surface area contributed by atoms with Crippen molar-refractivity contribution in [2.24, 2.45) is 0 Å². The average Bonchev–Trinajstić information content (AvgIpc) is 2.94. The second-order valence-corrected chi connectivity index (χ2v) is 7.09. The minimum atomic E-state index is -0.197. The Labute approximate surface area is 153 Å². The predicted octanol–water partition coefficient (Wildman–Crippen LogP) is 2.66. The standard InChI is InChI=1S/C18H30N6O2/c1-4-9-12(3)26-17-21-15(19)14-16(22-17)24(18(25)20-14)13(5-2)23-10-7-6-8-11-23/h12-13H,4-11H2,1-3H3,(H,20,25)(H2,19,21,22)/t12-,13?/m0/s1. The second-order valence-electron chi connectivity index (χ2n) is 7.09. The number of fused-ring (bicyclic) bond motifs is 1. The summed E-state index contributed by atoms with van der Waals surface area (Å²) in [5, 5.41) is 0. The molecule has 0 radical (unpaired) electrons. The number of nitrogens with two attached hydrogens (primary N) is 1. The highest BCUT2D eigenvalue weighted by Crippen LogP contribution is 2.26. The summed E-state index contributed by atoms with van der Waals surface area (Å²) in [4.78, 5) is 26.6. The van der Waals surface area contributed by atoms with Gasteiger partial charge in [0.1, 0.15) is 5.52 Å². The highest BCUT2D eigenvalue weighted by molar-refractivity contribution is 5.82. The zero-order chi connectivity index (χ0) is 18.7. The van der Waals surface area contributed by atoms with E-state index in [0.717, 1.165) is 45.2 Å². The van der Waals surface area contributed by atoms with E-state index in [1.807, 2.05) is 6.92 Å². The van der Waals surface area contributed by atoms with E-state index >= 15 is 0 Å². The van der Waals surface area contributed by atoms with Crippen LogP contribution in [0.25, 0.3) is 11.2 Å². The highest BCUT2D eigenvalue weighted by Gasteiger charge is 2.26. The molecule has 1 aliphatic rings. The van der Waals surface area contributed by atoms with E-state index in [1.165, 1.54) is 6.42 Å². The molecule has 2 aromatic rings. The van der Waals surface area contributed by atoms with Gasteiger partial charge in [-0.3, -0.25) is 9.47 Å². The third kappa shape index (κ3) is 3.70. The average molecular weight is 362 g/mol. The minimum absolute atomic E-state index is 0.0000281. The molecule has 3 N–H and O–H groups in total. The number of hydrogen-bond donors (Lipinski definition) is 2. The topological polar surface area (TPSA) is 102 Å². The quantitative estimate of drug-likeness (QED) is 0.785. The van der Waals surface area contributed by atoms with Gasteiger partial charge in [0.25, 0.3) is 0 Å². The maximum absolute atomic E-state index is 12.7. The number of imidazole rings is 1. The molecule has 0 spiro atoms. The van der Waals surface area contributed by atoms with Crippen LogP contribution in [0.3, 0.4) is 0 Å². The van der Waals surface area contributed by atoms with Crippen LogP contribution in [0.5, 0.6) is 6.01 Å². The molecule has 8 heteroatoms. The molecule has 1 unspecified atom stereocenters. The van der Waals surface area contributed by atoms with Crippen LogP contribution in [0, 0.1) is 0 Å². The Morgan fingerprint density at radius 3 is 2.62 bits per heavy atom. The van der Waals surface area contributed by atoms with Crippen molar-refractivity contribution in [3.8, 4) is 6.01 Å². The summed E-state index contributed by atoms with van der Waals surface area (Å²) in [6.45, 7) is 8.17. The lowest BCUT2D eigenvalue weighted by Crippen LogP contribution is -2.40. The number of ether oxygens (including phenoxy) is 1. The van der Waals surface area contributed by atoms with Gasteiger partial charge >= 0.3 is 11.7 Å². The largest absolute Gasteiger partial charge is 0.460 e. The van der Waals surface area contributed by atoms with Crippen LogP contribution in [-0.4, -0.2) is 43.6 Å². The maximum atomic E-state index is 12.7. The van der Waals surface area contributed by atoms with Crippen molar-refractivity contribution in [2.45, 2.75) is 71.6 Å². The van der Waals surface area contributed by atoms with Crippen molar-refractivity contribution in [1.82, 2.24) is 24.4 Å². The third-order valence-electron chi connectivity index (χ3n) is 5.05. The number of aromatic nitrogens is 4. The van der Waals surface area contributed by atoms with E-state index in [1.54, 1.807) is 4.57 Å². The van der Waals surface area contributed by atoms with Crippen LogP contribution >= 0.6 is 0 Å². The zero-order valence-electron chi connectivity index (χ0n) is 16.0. The Bertz CT molecular complexity index is 793. The SMILES string of the molecule is CCC[C@H](C)Oc1nc(N)c2[nH]c(=O)n(C(CC)N3CCCCC3)c2n1. The van der Waals surface area contributed by atoms with Gasteiger partial charge in [0.2, 0.25) is 0 Å². The van der Waals surface area contributed by atoms with Crippen molar-refractivity contribution >= 4 is 17.0 Å². The van der Waals surface area contributed by atoms with E-state index in [9.17, 15) is 4.79 Å². The number of aromatic amines is 1. The molecule has 1 aliphatic heterocycles. The molecule has 0 aromatic carbocycles. The lowest BCUT2D eigenvalue weighted by atomic mass is 10.1. The number of nitrogen functional groups attached to an aromatic ring is 1. The summed E-state index contributed by atoms with van der Waals surface area (Å²) in [6.07, 6.45) is 6.28. The first-order chi connectivity index (χ1) is 12.5. The van der Waals surface area contributed by atoms with Gasteiger partial charge < -0.3 is 15.5 Å². The van der Waals surface area contributed by atoms with Crippen molar-refractivity contribution in [1.29, 1.82) is 0 Å². The van der Waals surface area contributed by atoms with Gasteiger partial charge in [0, 0.05) is 13.1 Å². The molecule has 0 aliphatic carbocycles. The number of nitrogens with one attached hydrogen (secondary N) is 1. The van der Waals surface area contributed by atoms with Crippen LogP contribution in [0.4, 0.5) is 5.82 Å². The molecule has 2 aromatic heterocycles. The maximum Gasteiger partial charge on any atom is 0.329 e. The lowest BCUT2D eigenvalue weighted by Gasteiger charge is -2.34. The van der Waals surface area contributed by atoms with Crippen molar-refractivity contribution in [3.63, 3.8) is 0 Å². The normalized spacial score (nSPS) is 18.1. The fraction of sp³-hybridized carbons (Fsp3) is 0.722. The smallest absolute Gasteiger partial charge is 0.329 e. The first-order valence-corrected chi connectivity index (χ1v) is 9.73. The summed E-state index contributed by atoms with van der Waals surface area (Å²) >= 11 is 0. The Kier molecular flexibility index (Phi) is 5.80. The number of nitrogens with zero attached hydrogens (tertiary/aromatic N) is 4. The van der Waals surface area contributed by atoms with Crippen LogP contribution in [0.15, 0.2) is 4.79 Å². The Morgan fingerprint density at radius 2 is 1.96 bits per heavy atom. The van der Waals surface area contributed by atoms with Gasteiger partial charge in [0.15, 0.2) is 11.5 Å². The first-order valence-electron chi connectivity index (χ1n) is 9.73. The van der Waals surface area contributed by atoms with Gasteiger partial charge in [-0.1, -0.05) is 26.7 Å². The highest BCUT2D eigenvalue weighted by atomic mass is 16.5. The molecule has 0 saturated carbocycles. The fourth-order valence-electron chi connectivity index (χ4n) is 3.80. The van der Waals surface area contributed by atoms with Crippen LogP contribution < -0.4 is 16.2 Å². The lowest BCUT2D eigenvalue weighted by molar-refractivity contribution is 0.109. The summed E-state index contributed by atoms with van der Waals surface area (Å²) in [6, 6.07) is 0.234. The van der Waals surface area contributed by atoms with E-state index < -0.39 is 0 Å². The minimum Gasteiger partial charge on any atom is -0.460 e. The van der Waals surface area contributed by atoms with Gasteiger partial charge in [-0.15, -0.1) is 0 Å². The van der Waals surface area contributed by atoms with Gasteiger partial charge in [-0.2, -0.15) is 9.97 Å². The molecule has 3 rings (SSSR count). The van der Waals surface area contributed by atoms with Crippen molar-refractivity contribution in [2.75, 3.05) is 18.8 Å². The number of piperidine rings is 1. The third-order valence-corrected chi connectivity index (χ3v) is 5.05. The van der Waals surface area contributed by atoms with E-state index in [4.69, 9.17) is 10.5 Å². The Morgan fingerprint density at radius 1 is 1.23 bits per heavy atom. The molecule has 0 amide bonds. The Balaban J connectivity index is 2.02. The monoisotopic (exact) mass is 362 g/mol. The van der Waals surface area contributed by atoms with Crippen molar-refractivity contribution < 1.29 is 4.74 Å². The molecular weight excluding hydrogens is 332 g/mol. The first kappa shape index (κ1) is 18.7. The molecule has 26 heavy (non-hydrogen) atoms. The molecular formula is C18H30N6O2. The summed E-state index contributed by atoms with van der Waals surface area (Å²) < 4.78 is 7.54. The summed E-state index contributed by atoms with van der Waals surface area (Å²) in [5.74, 6) is 0.248. The summed E-state index contributed by atoms with van der Waals surface area (Å²) in [5.41, 5.74) is 6.90.